The number of nitrogens with two attached hydrogens (primary N) is 1. The number of aryl methyl sites for hydroxylation is 1. The molecule has 1 aliphatic rings. The standard InChI is InChI=1S/C14H16FN5O3/c1-8-11(2-3-23-8)14(22)20-5-9(15)4-10(20)6-19-7-12(13(16)21)17-18-19/h2-3,7,9-10H,4-6H2,1H3,(H2,16,21)/t9-,10-/m0/s1. The average Bonchev–Trinajstić information content (AvgIpc) is 3.19. The Balaban J connectivity index is 1.78. The lowest BCUT2D eigenvalue weighted by molar-refractivity contribution is 0.0712. The number of aromatic nitrogens is 3. The van der Waals surface area contributed by atoms with Crippen LogP contribution in [-0.4, -0.2) is 50.5 Å². The number of amides is 2. The number of furan rings is 1. The summed E-state index contributed by atoms with van der Waals surface area (Å²) >= 11 is 0. The monoisotopic (exact) mass is 321 g/mol. The molecule has 1 aliphatic heterocycles. The Hall–Kier alpha value is -2.71. The van der Waals surface area contributed by atoms with E-state index in [1.54, 1.807) is 13.0 Å². The van der Waals surface area contributed by atoms with Crippen LogP contribution in [0.1, 0.15) is 33.0 Å². The summed E-state index contributed by atoms with van der Waals surface area (Å²) in [7, 11) is 0. The molecule has 0 saturated carbocycles. The predicted octanol–water partition coefficient (Wildman–Crippen LogP) is 0.531. The molecule has 9 heteroatoms. The number of carbonyl (C=O) groups is 2. The fourth-order valence-corrected chi connectivity index (χ4v) is 2.76. The van der Waals surface area contributed by atoms with E-state index in [2.05, 4.69) is 10.3 Å². The normalized spacial score (nSPS) is 20.9. The molecule has 2 aromatic rings. The highest BCUT2D eigenvalue weighted by molar-refractivity contribution is 5.95. The van der Waals surface area contributed by atoms with Crippen LogP contribution in [0.4, 0.5) is 4.39 Å². The van der Waals surface area contributed by atoms with Crippen molar-refractivity contribution in [3.8, 4) is 0 Å². The van der Waals surface area contributed by atoms with Crippen LogP contribution in [0.25, 0.3) is 0 Å². The van der Waals surface area contributed by atoms with Gasteiger partial charge in [-0.05, 0) is 13.0 Å². The molecule has 2 aromatic heterocycles. The molecule has 3 rings (SSSR count). The molecule has 3 heterocycles. The first-order chi connectivity index (χ1) is 11.0. The summed E-state index contributed by atoms with van der Waals surface area (Å²) in [6.45, 7) is 1.94. The van der Waals surface area contributed by atoms with Gasteiger partial charge in [0, 0.05) is 6.42 Å². The number of primary amides is 1. The van der Waals surface area contributed by atoms with E-state index < -0.39 is 12.1 Å². The van der Waals surface area contributed by atoms with E-state index in [9.17, 15) is 14.0 Å². The van der Waals surface area contributed by atoms with Gasteiger partial charge in [-0.25, -0.2) is 9.07 Å². The Morgan fingerprint density at radius 2 is 2.30 bits per heavy atom. The van der Waals surface area contributed by atoms with Crippen molar-refractivity contribution in [2.45, 2.75) is 32.1 Å². The third-order valence-corrected chi connectivity index (χ3v) is 3.90. The van der Waals surface area contributed by atoms with Crippen LogP contribution in [0.3, 0.4) is 0 Å². The first-order valence-corrected chi connectivity index (χ1v) is 7.14. The topological polar surface area (TPSA) is 107 Å². The van der Waals surface area contributed by atoms with Crippen molar-refractivity contribution in [1.29, 1.82) is 0 Å². The van der Waals surface area contributed by atoms with Gasteiger partial charge in [0.2, 0.25) is 0 Å². The lowest BCUT2D eigenvalue weighted by Gasteiger charge is -2.23. The zero-order chi connectivity index (χ0) is 16.6. The second kappa shape index (κ2) is 5.82. The number of hydrogen-bond donors (Lipinski definition) is 1. The molecule has 0 aliphatic carbocycles. The zero-order valence-corrected chi connectivity index (χ0v) is 12.5. The quantitative estimate of drug-likeness (QED) is 0.884. The Kier molecular flexibility index (Phi) is 3.85. The van der Waals surface area contributed by atoms with E-state index in [0.29, 0.717) is 11.3 Å². The van der Waals surface area contributed by atoms with Crippen LogP contribution >= 0.6 is 0 Å². The fourth-order valence-electron chi connectivity index (χ4n) is 2.76. The first-order valence-electron chi connectivity index (χ1n) is 7.14. The van der Waals surface area contributed by atoms with E-state index in [0.717, 1.165) is 0 Å². The first kappa shape index (κ1) is 15.2. The number of carbonyl (C=O) groups excluding carboxylic acids is 2. The molecular weight excluding hydrogens is 305 g/mol. The second-order valence-electron chi connectivity index (χ2n) is 5.52. The van der Waals surface area contributed by atoms with Crippen LogP contribution in [0.2, 0.25) is 0 Å². The van der Waals surface area contributed by atoms with Gasteiger partial charge in [-0.1, -0.05) is 5.21 Å². The molecule has 0 bridgehead atoms. The minimum absolute atomic E-state index is 0.0193. The van der Waals surface area contributed by atoms with Crippen LogP contribution in [0.15, 0.2) is 22.9 Å². The minimum atomic E-state index is -1.10. The molecule has 8 nitrogen and oxygen atoms in total. The van der Waals surface area contributed by atoms with Gasteiger partial charge in [-0.2, -0.15) is 0 Å². The van der Waals surface area contributed by atoms with Gasteiger partial charge in [-0.15, -0.1) is 5.10 Å². The molecule has 0 aromatic carbocycles. The minimum Gasteiger partial charge on any atom is -0.469 e. The smallest absolute Gasteiger partial charge is 0.270 e. The highest BCUT2D eigenvalue weighted by atomic mass is 19.1. The number of nitrogens with zero attached hydrogens (tertiary/aromatic N) is 4. The predicted molar refractivity (Wildman–Crippen MR) is 76.3 cm³/mol. The summed E-state index contributed by atoms with van der Waals surface area (Å²) in [4.78, 5) is 25.1. The molecule has 1 saturated heterocycles. The van der Waals surface area contributed by atoms with Gasteiger partial charge in [0.15, 0.2) is 5.69 Å². The van der Waals surface area contributed by atoms with Gasteiger partial charge in [-0.3, -0.25) is 9.59 Å². The third kappa shape index (κ3) is 2.94. The largest absolute Gasteiger partial charge is 0.469 e. The Bertz CT molecular complexity index is 740. The average molecular weight is 321 g/mol. The lowest BCUT2D eigenvalue weighted by Crippen LogP contribution is -2.38. The Morgan fingerprint density at radius 3 is 2.91 bits per heavy atom. The van der Waals surface area contributed by atoms with Crippen molar-refractivity contribution >= 4 is 11.8 Å². The number of halogens is 1. The lowest BCUT2D eigenvalue weighted by atomic mass is 10.2. The maximum atomic E-state index is 13.8. The number of hydrogen-bond acceptors (Lipinski definition) is 5. The van der Waals surface area contributed by atoms with Crippen LogP contribution in [0, 0.1) is 6.92 Å². The molecule has 0 unspecified atom stereocenters. The van der Waals surface area contributed by atoms with Crippen molar-refractivity contribution in [3.63, 3.8) is 0 Å². The van der Waals surface area contributed by atoms with Crippen LogP contribution in [-0.2, 0) is 6.54 Å². The van der Waals surface area contributed by atoms with E-state index in [1.165, 1.54) is 22.0 Å². The summed E-state index contributed by atoms with van der Waals surface area (Å²) in [5.41, 5.74) is 5.57. The van der Waals surface area contributed by atoms with E-state index in [-0.39, 0.29) is 37.2 Å². The summed E-state index contributed by atoms with van der Waals surface area (Å²) in [6, 6.07) is 1.19. The molecule has 2 amide bonds. The highest BCUT2D eigenvalue weighted by Gasteiger charge is 2.37. The van der Waals surface area contributed by atoms with E-state index in [1.807, 2.05) is 0 Å². The van der Waals surface area contributed by atoms with Crippen molar-refractivity contribution in [2.24, 2.45) is 5.73 Å². The molecule has 2 atom stereocenters. The van der Waals surface area contributed by atoms with E-state index >= 15 is 0 Å². The SMILES string of the molecule is Cc1occc1C(=O)N1C[C@@H](F)C[C@H]1Cn1cc(C(N)=O)nn1. The zero-order valence-electron chi connectivity index (χ0n) is 12.5. The van der Waals surface area contributed by atoms with Gasteiger partial charge in [0.05, 0.1) is 37.2 Å². The van der Waals surface area contributed by atoms with Gasteiger partial charge < -0.3 is 15.1 Å². The maximum absolute atomic E-state index is 13.8. The Labute approximate surface area is 131 Å². The molecule has 0 radical (unpaired) electrons. The van der Waals surface area contributed by atoms with Crippen molar-refractivity contribution in [2.75, 3.05) is 6.54 Å². The number of alkyl halides is 1. The van der Waals surface area contributed by atoms with Crippen LogP contribution < -0.4 is 5.73 Å². The number of likely N-dealkylation sites (tertiary alicyclic amines) is 1. The maximum Gasteiger partial charge on any atom is 0.270 e. The molecule has 0 spiro atoms. The number of rotatable bonds is 4. The summed E-state index contributed by atoms with van der Waals surface area (Å²) in [6.07, 6.45) is 1.92. The Morgan fingerprint density at radius 1 is 1.52 bits per heavy atom. The summed E-state index contributed by atoms with van der Waals surface area (Å²) in [5.74, 6) is -0.475. The molecule has 122 valence electrons. The second-order valence-corrected chi connectivity index (χ2v) is 5.52. The van der Waals surface area contributed by atoms with Gasteiger partial charge >= 0.3 is 0 Å². The fraction of sp³-hybridized carbons (Fsp3) is 0.429. The van der Waals surface area contributed by atoms with Crippen LogP contribution in [0.5, 0.6) is 0 Å². The molecule has 2 N–H and O–H groups in total. The van der Waals surface area contributed by atoms with Crippen molar-refractivity contribution in [3.05, 3.63) is 35.5 Å². The molecule has 1 fully saturated rings. The van der Waals surface area contributed by atoms with Crippen molar-refractivity contribution in [1.82, 2.24) is 19.9 Å². The third-order valence-electron chi connectivity index (χ3n) is 3.90. The summed E-state index contributed by atoms with van der Waals surface area (Å²) < 4.78 is 20.4. The highest BCUT2D eigenvalue weighted by Crippen LogP contribution is 2.25. The van der Waals surface area contributed by atoms with Gasteiger partial charge in [0.1, 0.15) is 11.9 Å². The van der Waals surface area contributed by atoms with Crippen molar-refractivity contribution < 1.29 is 18.4 Å². The molecular formula is C14H16FN5O3. The molecule has 23 heavy (non-hydrogen) atoms. The summed E-state index contributed by atoms with van der Waals surface area (Å²) in [5, 5.41) is 7.42. The van der Waals surface area contributed by atoms with E-state index in [4.69, 9.17) is 10.2 Å². The van der Waals surface area contributed by atoms with Gasteiger partial charge in [0.25, 0.3) is 11.8 Å².